The van der Waals surface area contributed by atoms with Crippen LogP contribution in [0, 0.1) is 13.8 Å². The van der Waals surface area contributed by atoms with Gasteiger partial charge in [0.05, 0.1) is 10.7 Å². The molecule has 54 valence electrons. The van der Waals surface area contributed by atoms with Gasteiger partial charge < -0.3 is 0 Å². The van der Waals surface area contributed by atoms with Crippen LogP contribution in [0.25, 0.3) is 0 Å². The van der Waals surface area contributed by atoms with Gasteiger partial charge in [-0.25, -0.2) is 9.97 Å². The van der Waals surface area contributed by atoms with Crippen molar-refractivity contribution >= 4 is 23.2 Å². The van der Waals surface area contributed by atoms with Crippen molar-refractivity contribution in [3.8, 4) is 0 Å². The maximum absolute atomic E-state index is 5.69. The molecule has 4 heteroatoms. The molecule has 0 atom stereocenters. The van der Waals surface area contributed by atoms with Crippen LogP contribution >= 0.6 is 23.2 Å². The highest BCUT2D eigenvalue weighted by Crippen LogP contribution is 2.21. The van der Waals surface area contributed by atoms with Gasteiger partial charge in [-0.3, -0.25) is 0 Å². The normalized spacial score (nSPS) is 10.0. The lowest BCUT2D eigenvalue weighted by atomic mass is 10.4. The molecule has 1 heterocycles. The number of aromatic nitrogens is 2. The van der Waals surface area contributed by atoms with Gasteiger partial charge >= 0.3 is 0 Å². The Bertz CT molecular complexity index is 237. The van der Waals surface area contributed by atoms with Gasteiger partial charge in [0.2, 0.25) is 0 Å². The number of hydrogen-bond donors (Lipinski definition) is 0. The molecule has 1 aromatic heterocycles. The summed E-state index contributed by atoms with van der Waals surface area (Å²) in [6.07, 6.45) is 0. The van der Waals surface area contributed by atoms with Gasteiger partial charge in [0.1, 0.15) is 5.82 Å². The molecule has 1 rings (SSSR count). The standard InChI is InChI=1S/C6H6Cl2N2/c1-3-5(7)6(8)10-4(2)9-3/h1-2H3. The van der Waals surface area contributed by atoms with Crippen molar-refractivity contribution in [3.05, 3.63) is 21.7 Å². The van der Waals surface area contributed by atoms with E-state index in [0.717, 1.165) is 5.69 Å². The fraction of sp³-hybridized carbons (Fsp3) is 0.333. The molecule has 2 nitrogen and oxygen atoms in total. The van der Waals surface area contributed by atoms with Crippen LogP contribution in [0.3, 0.4) is 0 Å². The van der Waals surface area contributed by atoms with Crippen LogP contribution in [-0.2, 0) is 0 Å². The minimum absolute atomic E-state index is 0.326. The van der Waals surface area contributed by atoms with E-state index in [2.05, 4.69) is 9.97 Å². The number of aryl methyl sites for hydroxylation is 2. The third-order valence-corrected chi connectivity index (χ3v) is 1.91. The van der Waals surface area contributed by atoms with Gasteiger partial charge in [-0.1, -0.05) is 23.2 Å². The average molecular weight is 177 g/mol. The van der Waals surface area contributed by atoms with Gasteiger partial charge in [-0.05, 0) is 13.8 Å². The minimum Gasteiger partial charge on any atom is -0.237 e. The summed E-state index contributed by atoms with van der Waals surface area (Å²) >= 11 is 11.3. The molecule has 0 fully saturated rings. The Hall–Kier alpha value is -0.340. The SMILES string of the molecule is Cc1nc(C)c(Cl)c(Cl)n1. The van der Waals surface area contributed by atoms with Crippen molar-refractivity contribution in [1.82, 2.24) is 9.97 Å². The van der Waals surface area contributed by atoms with Crippen molar-refractivity contribution in [3.63, 3.8) is 0 Å². The number of nitrogens with zero attached hydrogens (tertiary/aromatic N) is 2. The highest BCUT2D eigenvalue weighted by Gasteiger charge is 2.03. The predicted molar refractivity (Wildman–Crippen MR) is 41.5 cm³/mol. The lowest BCUT2D eigenvalue weighted by Crippen LogP contribution is -1.92. The van der Waals surface area contributed by atoms with Crippen LogP contribution in [0.15, 0.2) is 0 Å². The molecule has 0 saturated carbocycles. The molecule has 0 aromatic carbocycles. The average Bonchev–Trinajstić information content (AvgIpc) is 1.82. The Morgan fingerprint density at radius 2 is 1.70 bits per heavy atom. The Morgan fingerprint density at radius 1 is 1.10 bits per heavy atom. The molecule has 0 aliphatic heterocycles. The van der Waals surface area contributed by atoms with Crippen LogP contribution in [-0.4, -0.2) is 9.97 Å². The molecule has 1 aromatic rings. The molecule has 0 aliphatic rings. The third kappa shape index (κ3) is 1.39. The number of rotatable bonds is 0. The van der Waals surface area contributed by atoms with Gasteiger partial charge in [0.25, 0.3) is 0 Å². The summed E-state index contributed by atoms with van der Waals surface area (Å²) in [7, 11) is 0. The van der Waals surface area contributed by atoms with Crippen LogP contribution in [0.2, 0.25) is 10.2 Å². The first-order valence-electron chi connectivity index (χ1n) is 2.77. The first kappa shape index (κ1) is 7.76. The summed E-state index contributed by atoms with van der Waals surface area (Å²) < 4.78 is 0. The van der Waals surface area contributed by atoms with E-state index in [-0.39, 0.29) is 0 Å². The van der Waals surface area contributed by atoms with E-state index in [1.165, 1.54) is 0 Å². The first-order chi connectivity index (χ1) is 4.61. The van der Waals surface area contributed by atoms with Crippen molar-refractivity contribution in [1.29, 1.82) is 0 Å². The molecule has 0 spiro atoms. The largest absolute Gasteiger partial charge is 0.237 e. The smallest absolute Gasteiger partial charge is 0.151 e. The summed E-state index contributed by atoms with van der Waals surface area (Å²) in [6.45, 7) is 3.57. The predicted octanol–water partition coefficient (Wildman–Crippen LogP) is 2.40. The molecule has 0 bridgehead atoms. The number of hydrogen-bond acceptors (Lipinski definition) is 2. The maximum atomic E-state index is 5.69. The van der Waals surface area contributed by atoms with Crippen LogP contribution in [0.5, 0.6) is 0 Å². The van der Waals surface area contributed by atoms with Crippen LogP contribution in [0.1, 0.15) is 11.5 Å². The molecule has 0 amide bonds. The van der Waals surface area contributed by atoms with E-state index in [4.69, 9.17) is 23.2 Å². The zero-order valence-corrected chi connectivity index (χ0v) is 7.16. The fourth-order valence-corrected chi connectivity index (χ4v) is 1.00. The summed E-state index contributed by atoms with van der Waals surface area (Å²) in [5.41, 5.74) is 0.721. The summed E-state index contributed by atoms with van der Waals surface area (Å²) in [5, 5.41) is 0.763. The Morgan fingerprint density at radius 3 is 2.20 bits per heavy atom. The summed E-state index contributed by atoms with van der Waals surface area (Å²) in [6, 6.07) is 0. The molecule has 0 radical (unpaired) electrons. The van der Waals surface area contributed by atoms with E-state index in [9.17, 15) is 0 Å². The molecule has 0 aliphatic carbocycles. The highest BCUT2D eigenvalue weighted by atomic mass is 35.5. The lowest BCUT2D eigenvalue weighted by Gasteiger charge is -1.98. The quantitative estimate of drug-likeness (QED) is 0.568. The first-order valence-corrected chi connectivity index (χ1v) is 3.53. The maximum Gasteiger partial charge on any atom is 0.151 e. The van der Waals surface area contributed by atoms with Gasteiger partial charge in [0, 0.05) is 0 Å². The molecule has 0 unspecified atom stereocenters. The van der Waals surface area contributed by atoms with Gasteiger partial charge in [-0.15, -0.1) is 0 Å². The third-order valence-electron chi connectivity index (χ3n) is 1.09. The fourth-order valence-electron chi connectivity index (χ4n) is 0.657. The van der Waals surface area contributed by atoms with E-state index < -0.39 is 0 Å². The Kier molecular flexibility index (Phi) is 2.11. The number of halogens is 2. The monoisotopic (exact) mass is 176 g/mol. The molecule has 0 N–H and O–H groups in total. The van der Waals surface area contributed by atoms with Crippen molar-refractivity contribution in [2.24, 2.45) is 0 Å². The zero-order chi connectivity index (χ0) is 7.72. The van der Waals surface area contributed by atoms with Gasteiger partial charge in [-0.2, -0.15) is 0 Å². The van der Waals surface area contributed by atoms with E-state index in [1.807, 2.05) is 0 Å². The van der Waals surface area contributed by atoms with Crippen LogP contribution < -0.4 is 0 Å². The lowest BCUT2D eigenvalue weighted by molar-refractivity contribution is 1.01. The van der Waals surface area contributed by atoms with E-state index in [1.54, 1.807) is 13.8 Å². The molecule has 0 saturated heterocycles. The summed E-state index contributed by atoms with van der Waals surface area (Å²) in [5.74, 6) is 0.645. The van der Waals surface area contributed by atoms with Crippen molar-refractivity contribution in [2.75, 3.05) is 0 Å². The second-order valence-corrected chi connectivity index (χ2v) is 2.70. The Labute approximate surface area is 69.2 Å². The topological polar surface area (TPSA) is 25.8 Å². The summed E-state index contributed by atoms with van der Waals surface area (Å²) in [4.78, 5) is 7.86. The zero-order valence-electron chi connectivity index (χ0n) is 5.65. The minimum atomic E-state index is 0.326. The van der Waals surface area contributed by atoms with Crippen molar-refractivity contribution in [2.45, 2.75) is 13.8 Å². The Balaban J connectivity index is 3.31. The van der Waals surface area contributed by atoms with Crippen molar-refractivity contribution < 1.29 is 0 Å². The molecule has 10 heavy (non-hydrogen) atoms. The van der Waals surface area contributed by atoms with E-state index >= 15 is 0 Å². The van der Waals surface area contributed by atoms with E-state index in [0.29, 0.717) is 16.0 Å². The van der Waals surface area contributed by atoms with Crippen LogP contribution in [0.4, 0.5) is 0 Å². The molecular weight excluding hydrogens is 171 g/mol. The second kappa shape index (κ2) is 2.72. The second-order valence-electron chi connectivity index (χ2n) is 1.96. The van der Waals surface area contributed by atoms with Gasteiger partial charge in [0.15, 0.2) is 5.15 Å². The molecular formula is C6H6Cl2N2. The highest BCUT2D eigenvalue weighted by molar-refractivity contribution is 6.41.